The number of rotatable bonds is 6. The zero-order chi connectivity index (χ0) is 21.3. The Morgan fingerprint density at radius 3 is 2.50 bits per heavy atom. The van der Waals surface area contributed by atoms with Crippen molar-refractivity contribution in [1.29, 1.82) is 0 Å². The van der Waals surface area contributed by atoms with Crippen molar-refractivity contribution in [2.24, 2.45) is 0 Å². The first-order chi connectivity index (χ1) is 12.9. The number of carbonyl (C=O) groups is 1. The number of ether oxygens (including phenoxy) is 1. The molecule has 0 saturated heterocycles. The average molecular weight is 411 g/mol. The molecule has 1 aromatic carbocycles. The highest BCUT2D eigenvalue weighted by atomic mass is 32.3. The summed E-state index contributed by atoms with van der Waals surface area (Å²) in [5.74, 6) is -0.827. The van der Waals surface area contributed by atoms with Gasteiger partial charge in [0.05, 0.1) is 24.1 Å². The van der Waals surface area contributed by atoms with Gasteiger partial charge in [-0.05, 0) is 57.5 Å². The molecule has 0 aliphatic carbocycles. The monoisotopic (exact) mass is 410 g/mol. The third kappa shape index (κ3) is 4.75. The number of hydrogen-bond acceptors (Lipinski definition) is 4. The molecule has 0 aliphatic rings. The second kappa shape index (κ2) is 8.25. The molecule has 0 bridgehead atoms. The predicted octanol–water partition coefficient (Wildman–Crippen LogP) is 5.35. The maximum absolute atomic E-state index is 14.1. The summed E-state index contributed by atoms with van der Waals surface area (Å²) in [4.78, 5) is 12.4. The van der Waals surface area contributed by atoms with Crippen molar-refractivity contribution in [3.05, 3.63) is 47.0 Å². The van der Waals surface area contributed by atoms with Crippen LogP contribution in [0.15, 0.2) is 24.3 Å². The zero-order valence-electron chi connectivity index (χ0n) is 18.0. The van der Waals surface area contributed by atoms with Crippen LogP contribution in [0.25, 0.3) is 5.69 Å². The number of nitrogens with zero attached hydrogens (tertiary/aromatic N) is 2. The smallest absolute Gasteiger partial charge is 0.357 e. The minimum Gasteiger partial charge on any atom is -0.461 e. The Morgan fingerprint density at radius 1 is 1.29 bits per heavy atom. The number of benzene rings is 1. The van der Waals surface area contributed by atoms with E-state index in [1.54, 1.807) is 26.0 Å². The molecule has 2 aromatic rings. The van der Waals surface area contributed by atoms with Crippen molar-refractivity contribution in [3.63, 3.8) is 0 Å². The first kappa shape index (κ1) is 22.4. The third-order valence-corrected chi connectivity index (χ3v) is 8.55. The summed E-state index contributed by atoms with van der Waals surface area (Å²) in [6.07, 6.45) is 3.82. The Labute approximate surface area is 168 Å². The van der Waals surface area contributed by atoms with Crippen LogP contribution in [0.5, 0.6) is 0 Å². The summed E-state index contributed by atoms with van der Waals surface area (Å²) in [7, 11) is -1.43. The van der Waals surface area contributed by atoms with Gasteiger partial charge in [0, 0.05) is 10.3 Å². The first-order valence-corrected chi connectivity index (χ1v) is 11.7. The van der Waals surface area contributed by atoms with Gasteiger partial charge in [0.1, 0.15) is 5.82 Å². The molecule has 0 spiro atoms. The van der Waals surface area contributed by atoms with E-state index in [1.165, 1.54) is 16.8 Å². The minimum absolute atomic E-state index is 0.0346. The fraction of sp³-hybridized carbons (Fsp3) is 0.524. The van der Waals surface area contributed by atoms with Crippen molar-refractivity contribution in [1.82, 2.24) is 9.78 Å². The van der Waals surface area contributed by atoms with Crippen LogP contribution in [0.3, 0.4) is 0 Å². The molecule has 0 aliphatic heterocycles. The first-order valence-electron chi connectivity index (χ1n) is 9.32. The van der Waals surface area contributed by atoms with E-state index in [0.717, 1.165) is 0 Å². The number of aromatic nitrogens is 2. The lowest BCUT2D eigenvalue weighted by atomic mass is 10.1. The van der Waals surface area contributed by atoms with Crippen LogP contribution in [-0.2, 0) is 8.92 Å². The number of hydrogen-bond donors (Lipinski definition) is 0. The topological polar surface area (TPSA) is 53.3 Å². The molecule has 7 heteroatoms. The van der Waals surface area contributed by atoms with Crippen LogP contribution < -0.4 is 0 Å². The molecule has 0 fully saturated rings. The highest BCUT2D eigenvalue weighted by molar-refractivity contribution is 8.29. The Morgan fingerprint density at radius 2 is 1.93 bits per heavy atom. The molecular weight excluding hydrogens is 379 g/mol. The van der Waals surface area contributed by atoms with Gasteiger partial charge in [-0.15, -0.1) is 10.3 Å². The molecule has 1 heterocycles. The van der Waals surface area contributed by atoms with E-state index in [1.807, 2.05) is 6.92 Å². The quantitative estimate of drug-likeness (QED) is 0.602. The Hall–Kier alpha value is -1.86. The van der Waals surface area contributed by atoms with Crippen molar-refractivity contribution in [3.8, 4) is 5.69 Å². The molecule has 28 heavy (non-hydrogen) atoms. The van der Waals surface area contributed by atoms with Crippen LogP contribution in [0.2, 0.25) is 0 Å². The van der Waals surface area contributed by atoms with Crippen LogP contribution in [0.1, 0.15) is 62.5 Å². The summed E-state index contributed by atoms with van der Waals surface area (Å²) in [6, 6.07) is 6.10. The van der Waals surface area contributed by atoms with Crippen molar-refractivity contribution in [2.75, 3.05) is 19.1 Å². The van der Waals surface area contributed by atoms with E-state index in [9.17, 15) is 9.18 Å². The molecule has 5 nitrogen and oxygen atoms in total. The van der Waals surface area contributed by atoms with Gasteiger partial charge in [-0.1, -0.05) is 20.8 Å². The maximum Gasteiger partial charge on any atom is 0.357 e. The molecule has 0 saturated carbocycles. The van der Waals surface area contributed by atoms with Gasteiger partial charge in [0.2, 0.25) is 0 Å². The minimum atomic E-state index is -1.43. The average Bonchev–Trinajstić information content (AvgIpc) is 2.95. The van der Waals surface area contributed by atoms with E-state index >= 15 is 0 Å². The van der Waals surface area contributed by atoms with Crippen molar-refractivity contribution >= 4 is 16.3 Å². The SMILES string of the molecule is CCOC(=O)c1cc(C)nn1-c1ccc(F)cc1C(C)OS(C)(C)C(C)(C)C. The zero-order valence-corrected chi connectivity index (χ0v) is 18.8. The molecule has 156 valence electrons. The number of esters is 1. The number of carbonyl (C=O) groups excluding carboxylic acids is 1. The van der Waals surface area contributed by atoms with E-state index in [2.05, 4.69) is 38.4 Å². The Bertz CT molecular complexity index is 856. The summed E-state index contributed by atoms with van der Waals surface area (Å²) >= 11 is 0. The van der Waals surface area contributed by atoms with Gasteiger partial charge in [-0.25, -0.2) is 13.9 Å². The lowest BCUT2D eigenvalue weighted by Gasteiger charge is -2.45. The van der Waals surface area contributed by atoms with Crippen molar-refractivity contribution in [2.45, 2.75) is 52.4 Å². The summed E-state index contributed by atoms with van der Waals surface area (Å²) < 4.78 is 27.2. The van der Waals surface area contributed by atoms with Gasteiger partial charge in [-0.3, -0.25) is 0 Å². The number of aryl methyl sites for hydroxylation is 1. The Balaban J connectivity index is 2.54. The van der Waals surface area contributed by atoms with E-state index in [0.29, 0.717) is 22.6 Å². The van der Waals surface area contributed by atoms with E-state index in [-0.39, 0.29) is 23.3 Å². The van der Waals surface area contributed by atoms with E-state index < -0.39 is 16.3 Å². The van der Waals surface area contributed by atoms with Gasteiger partial charge in [0.25, 0.3) is 0 Å². The van der Waals surface area contributed by atoms with Gasteiger partial charge < -0.3 is 8.92 Å². The predicted molar refractivity (Wildman–Crippen MR) is 113 cm³/mol. The molecular formula is C21H31FN2O3S. The van der Waals surface area contributed by atoms with Crippen LogP contribution in [0.4, 0.5) is 4.39 Å². The standard InChI is InChI=1S/C21H31FN2O3S/c1-9-26-20(25)19-12-14(2)23-24(19)18-11-10-16(22)13-17(18)15(3)27-28(7,8)21(4,5)6/h10-13,15H,9H2,1-8H3. The fourth-order valence-corrected chi connectivity index (χ4v) is 3.75. The number of halogens is 1. The largest absolute Gasteiger partial charge is 0.461 e. The second-order valence-corrected chi connectivity index (χ2v) is 12.0. The van der Waals surface area contributed by atoms with Gasteiger partial charge in [0.15, 0.2) is 5.69 Å². The fourth-order valence-electron chi connectivity index (χ4n) is 2.63. The molecule has 1 aromatic heterocycles. The summed E-state index contributed by atoms with van der Waals surface area (Å²) in [6.45, 7) is 12.1. The molecule has 1 atom stereocenters. The maximum atomic E-state index is 14.1. The van der Waals surface area contributed by atoms with Crippen LogP contribution in [0, 0.1) is 12.7 Å². The highest BCUT2D eigenvalue weighted by Crippen LogP contribution is 2.56. The van der Waals surface area contributed by atoms with Gasteiger partial charge in [-0.2, -0.15) is 5.10 Å². The second-order valence-electron chi connectivity index (χ2n) is 8.09. The molecule has 2 rings (SSSR count). The van der Waals surface area contributed by atoms with Crippen LogP contribution >= 0.6 is 10.3 Å². The normalized spacial score (nSPS) is 14.0. The summed E-state index contributed by atoms with van der Waals surface area (Å²) in [5.41, 5.74) is 2.22. The summed E-state index contributed by atoms with van der Waals surface area (Å²) in [5, 5.41) is 4.45. The molecule has 0 amide bonds. The molecule has 0 radical (unpaired) electrons. The lowest BCUT2D eigenvalue weighted by Crippen LogP contribution is -2.26. The lowest BCUT2D eigenvalue weighted by molar-refractivity contribution is 0.0515. The molecule has 0 N–H and O–H groups in total. The third-order valence-electron chi connectivity index (χ3n) is 4.83. The van der Waals surface area contributed by atoms with Crippen molar-refractivity contribution < 1.29 is 18.1 Å². The van der Waals surface area contributed by atoms with Gasteiger partial charge >= 0.3 is 5.97 Å². The Kier molecular flexibility index (Phi) is 6.61. The highest BCUT2D eigenvalue weighted by Gasteiger charge is 2.32. The van der Waals surface area contributed by atoms with Crippen LogP contribution in [-0.4, -0.2) is 39.6 Å². The van der Waals surface area contributed by atoms with E-state index in [4.69, 9.17) is 8.92 Å². The molecule has 1 unspecified atom stereocenters.